The van der Waals surface area contributed by atoms with Crippen molar-refractivity contribution in [1.82, 2.24) is 4.90 Å². The third-order valence-corrected chi connectivity index (χ3v) is 5.29. The molecule has 1 aliphatic carbocycles. The first-order valence-corrected chi connectivity index (χ1v) is 8.45. The van der Waals surface area contributed by atoms with E-state index >= 15 is 0 Å². The van der Waals surface area contributed by atoms with Gasteiger partial charge in [0.15, 0.2) is 0 Å². The van der Waals surface area contributed by atoms with Gasteiger partial charge in [-0.3, -0.25) is 4.90 Å². The maximum atomic E-state index is 11.8. The molecule has 0 amide bonds. The number of esters is 1. The molecule has 1 aliphatic rings. The summed E-state index contributed by atoms with van der Waals surface area (Å²) in [4.78, 5) is 16.3. The van der Waals surface area contributed by atoms with Gasteiger partial charge in [-0.1, -0.05) is 6.07 Å². The second-order valence-electron chi connectivity index (χ2n) is 4.98. The van der Waals surface area contributed by atoms with Gasteiger partial charge in [0.05, 0.1) is 7.11 Å². The van der Waals surface area contributed by atoms with Crippen molar-refractivity contribution in [3.05, 3.63) is 44.3 Å². The first kappa shape index (κ1) is 13.8. The summed E-state index contributed by atoms with van der Waals surface area (Å²) in [6, 6.07) is 6.98. The fourth-order valence-electron chi connectivity index (χ4n) is 2.31. The molecule has 3 rings (SSSR count). The van der Waals surface area contributed by atoms with Crippen LogP contribution in [0.3, 0.4) is 0 Å². The zero-order valence-electron chi connectivity index (χ0n) is 11.4. The van der Waals surface area contributed by atoms with Crippen LogP contribution in [0.4, 0.5) is 0 Å². The molecule has 0 aromatic carbocycles. The first-order valence-electron chi connectivity index (χ1n) is 6.69. The second-order valence-corrected chi connectivity index (χ2v) is 6.93. The van der Waals surface area contributed by atoms with Gasteiger partial charge in [0.2, 0.25) is 0 Å². The van der Waals surface area contributed by atoms with E-state index in [0.717, 1.165) is 23.5 Å². The van der Waals surface area contributed by atoms with Crippen LogP contribution in [0.2, 0.25) is 0 Å². The summed E-state index contributed by atoms with van der Waals surface area (Å²) in [7, 11) is 1.44. The molecule has 0 radical (unpaired) electrons. The molecule has 0 atom stereocenters. The van der Waals surface area contributed by atoms with E-state index in [-0.39, 0.29) is 5.97 Å². The van der Waals surface area contributed by atoms with Gasteiger partial charge in [-0.25, -0.2) is 4.79 Å². The monoisotopic (exact) mass is 307 g/mol. The molecule has 1 fully saturated rings. The van der Waals surface area contributed by atoms with Crippen LogP contribution >= 0.6 is 22.7 Å². The van der Waals surface area contributed by atoms with Crippen LogP contribution in [-0.2, 0) is 17.8 Å². The van der Waals surface area contributed by atoms with Crippen LogP contribution in [0, 0.1) is 0 Å². The number of rotatable bonds is 6. The predicted octanol–water partition coefficient (Wildman–Crippen LogP) is 3.76. The van der Waals surface area contributed by atoms with Gasteiger partial charge >= 0.3 is 5.97 Å². The van der Waals surface area contributed by atoms with Crippen molar-refractivity contribution in [3.8, 4) is 0 Å². The number of ether oxygens (including phenoxy) is 1. The number of methoxy groups -OCH3 is 1. The molecule has 0 unspecified atom stereocenters. The summed E-state index contributed by atoms with van der Waals surface area (Å²) in [5.41, 5.74) is 1.09. The Labute approximate surface area is 126 Å². The molecule has 0 bridgehead atoms. The highest BCUT2D eigenvalue weighted by Gasteiger charge is 2.30. The molecule has 2 heterocycles. The van der Waals surface area contributed by atoms with Crippen molar-refractivity contribution in [2.45, 2.75) is 32.0 Å². The third-order valence-electron chi connectivity index (χ3n) is 3.49. The number of hydrogen-bond donors (Lipinski definition) is 0. The van der Waals surface area contributed by atoms with Gasteiger partial charge in [0.1, 0.15) is 4.88 Å². The summed E-state index contributed by atoms with van der Waals surface area (Å²) in [5, 5.41) is 4.09. The Morgan fingerprint density at radius 3 is 2.80 bits per heavy atom. The second kappa shape index (κ2) is 6.08. The molecule has 0 N–H and O–H groups in total. The Morgan fingerprint density at radius 2 is 2.15 bits per heavy atom. The number of thiophene rings is 2. The maximum absolute atomic E-state index is 11.8. The molecule has 0 saturated heterocycles. The van der Waals surface area contributed by atoms with Crippen molar-refractivity contribution < 1.29 is 9.53 Å². The average molecular weight is 307 g/mol. The SMILES string of the molecule is COC(=O)c1sccc1CN(Cc1cccs1)C1CC1. The van der Waals surface area contributed by atoms with Gasteiger partial charge < -0.3 is 4.74 Å². The Balaban J connectivity index is 1.73. The Bertz CT molecular complexity index is 572. The minimum Gasteiger partial charge on any atom is -0.465 e. The predicted molar refractivity (Wildman–Crippen MR) is 82.2 cm³/mol. The molecular weight excluding hydrogens is 290 g/mol. The highest BCUT2D eigenvalue weighted by atomic mass is 32.1. The summed E-state index contributed by atoms with van der Waals surface area (Å²) >= 11 is 3.26. The molecule has 2 aromatic rings. The maximum Gasteiger partial charge on any atom is 0.348 e. The number of carbonyl (C=O) groups excluding carboxylic acids is 1. The van der Waals surface area contributed by atoms with Crippen molar-refractivity contribution in [2.24, 2.45) is 0 Å². The lowest BCUT2D eigenvalue weighted by atomic mass is 10.2. The van der Waals surface area contributed by atoms with E-state index in [1.165, 1.54) is 36.2 Å². The van der Waals surface area contributed by atoms with E-state index in [1.807, 2.05) is 11.4 Å². The molecule has 106 valence electrons. The van der Waals surface area contributed by atoms with Gasteiger partial charge in [-0.15, -0.1) is 22.7 Å². The average Bonchev–Trinajstić information content (AvgIpc) is 2.99. The zero-order valence-corrected chi connectivity index (χ0v) is 13.0. The van der Waals surface area contributed by atoms with E-state index in [0.29, 0.717) is 6.04 Å². The molecular formula is C15H17NO2S2. The van der Waals surface area contributed by atoms with E-state index in [1.54, 1.807) is 11.3 Å². The van der Waals surface area contributed by atoms with Gasteiger partial charge in [0, 0.05) is 24.0 Å². The molecule has 3 nitrogen and oxygen atoms in total. The van der Waals surface area contributed by atoms with E-state index in [4.69, 9.17) is 4.74 Å². The van der Waals surface area contributed by atoms with Crippen LogP contribution < -0.4 is 0 Å². The highest BCUT2D eigenvalue weighted by molar-refractivity contribution is 7.12. The summed E-state index contributed by atoms with van der Waals surface area (Å²) in [6.07, 6.45) is 2.53. The highest BCUT2D eigenvalue weighted by Crippen LogP contribution is 2.32. The largest absolute Gasteiger partial charge is 0.465 e. The van der Waals surface area contributed by atoms with Crippen LogP contribution in [0.15, 0.2) is 29.0 Å². The molecule has 2 aromatic heterocycles. The minimum atomic E-state index is -0.220. The van der Waals surface area contributed by atoms with E-state index in [9.17, 15) is 4.79 Å². The Morgan fingerprint density at radius 1 is 1.30 bits per heavy atom. The number of carbonyl (C=O) groups is 1. The van der Waals surface area contributed by atoms with Crippen LogP contribution in [0.5, 0.6) is 0 Å². The molecule has 1 saturated carbocycles. The van der Waals surface area contributed by atoms with Crippen molar-refractivity contribution in [1.29, 1.82) is 0 Å². The topological polar surface area (TPSA) is 29.5 Å². The van der Waals surface area contributed by atoms with Gasteiger partial charge in [0.25, 0.3) is 0 Å². The lowest BCUT2D eigenvalue weighted by Gasteiger charge is -2.21. The smallest absolute Gasteiger partial charge is 0.348 e. The summed E-state index contributed by atoms with van der Waals surface area (Å²) in [5.74, 6) is -0.220. The van der Waals surface area contributed by atoms with Crippen molar-refractivity contribution >= 4 is 28.6 Å². The Hall–Kier alpha value is -1.17. The third kappa shape index (κ3) is 3.11. The summed E-state index contributed by atoms with van der Waals surface area (Å²) in [6.45, 7) is 1.80. The van der Waals surface area contributed by atoms with Gasteiger partial charge in [-0.2, -0.15) is 0 Å². The number of hydrogen-bond acceptors (Lipinski definition) is 5. The van der Waals surface area contributed by atoms with Crippen LogP contribution in [0.25, 0.3) is 0 Å². The normalized spacial score (nSPS) is 14.7. The van der Waals surface area contributed by atoms with Crippen molar-refractivity contribution in [3.63, 3.8) is 0 Å². The van der Waals surface area contributed by atoms with E-state index < -0.39 is 0 Å². The molecule has 0 spiro atoms. The van der Waals surface area contributed by atoms with Gasteiger partial charge in [-0.05, 0) is 41.3 Å². The van der Waals surface area contributed by atoms with Crippen LogP contribution in [-0.4, -0.2) is 24.0 Å². The molecule has 20 heavy (non-hydrogen) atoms. The fraction of sp³-hybridized carbons (Fsp3) is 0.400. The standard InChI is InChI=1S/C15H17NO2S2/c1-18-15(17)14-11(6-8-20-14)9-16(12-4-5-12)10-13-3-2-7-19-13/h2-3,6-8,12H,4-5,9-10H2,1H3. The summed E-state index contributed by atoms with van der Waals surface area (Å²) < 4.78 is 4.85. The Kier molecular flexibility index (Phi) is 4.19. The number of nitrogens with zero attached hydrogens (tertiary/aromatic N) is 1. The fourth-order valence-corrected chi connectivity index (χ4v) is 3.87. The lowest BCUT2D eigenvalue weighted by molar-refractivity contribution is 0.0604. The quantitative estimate of drug-likeness (QED) is 0.761. The lowest BCUT2D eigenvalue weighted by Crippen LogP contribution is -2.25. The van der Waals surface area contributed by atoms with Crippen molar-refractivity contribution in [2.75, 3.05) is 7.11 Å². The first-order chi connectivity index (χ1) is 9.78. The molecule has 0 aliphatic heterocycles. The molecule has 5 heteroatoms. The minimum absolute atomic E-state index is 0.220. The van der Waals surface area contributed by atoms with E-state index in [2.05, 4.69) is 22.4 Å². The van der Waals surface area contributed by atoms with Crippen LogP contribution in [0.1, 0.15) is 33.0 Å². The zero-order chi connectivity index (χ0) is 13.9.